The first-order chi connectivity index (χ1) is 19.4. The number of piperidine rings is 1. The first kappa shape index (κ1) is 29.4. The first-order valence-corrected chi connectivity index (χ1v) is 16.0. The van der Waals surface area contributed by atoms with Crippen LogP contribution in [0, 0.1) is 0 Å². The summed E-state index contributed by atoms with van der Waals surface area (Å²) in [4.78, 5) is 32.4. The number of aromatic amines is 1. The van der Waals surface area contributed by atoms with Crippen molar-refractivity contribution in [3.05, 3.63) is 65.4 Å². The molecule has 2 aromatic carbocycles. The molecule has 2 amide bonds. The summed E-state index contributed by atoms with van der Waals surface area (Å²) >= 11 is 6.02. The molecule has 2 N–H and O–H groups in total. The molecule has 1 saturated heterocycles. The molecule has 0 bridgehead atoms. The average molecular weight is 601 g/mol. The summed E-state index contributed by atoms with van der Waals surface area (Å²) in [6.45, 7) is 8.30. The number of carbonyl (C=O) groups excluding carboxylic acids is 2. The van der Waals surface area contributed by atoms with Gasteiger partial charge in [0.05, 0.1) is 10.9 Å². The fraction of sp³-hybridized carbons (Fsp3) is 0.467. The number of hydrogen-bond donors (Lipinski definition) is 2. The van der Waals surface area contributed by atoms with E-state index in [4.69, 9.17) is 16.3 Å². The van der Waals surface area contributed by atoms with Crippen LogP contribution >= 0.6 is 11.6 Å². The Labute approximate surface area is 246 Å². The molecule has 0 radical (unpaired) electrons. The lowest BCUT2D eigenvalue weighted by Crippen LogP contribution is -2.47. The summed E-state index contributed by atoms with van der Waals surface area (Å²) in [6, 6.07) is 14.0. The average Bonchev–Trinajstić information content (AvgIpc) is 3.29. The summed E-state index contributed by atoms with van der Waals surface area (Å²) in [5.74, 6) is -0.316. The van der Waals surface area contributed by atoms with Crippen LogP contribution in [0.2, 0.25) is 0 Å². The number of likely N-dealkylation sites (tertiary alicyclic amines) is 1. The Hall–Kier alpha value is -3.08. The number of para-hydroxylation sites is 1. The number of carbonyl (C=O) groups is 2. The normalized spacial score (nSPS) is 20.2. The van der Waals surface area contributed by atoms with Crippen molar-refractivity contribution in [3.63, 3.8) is 0 Å². The van der Waals surface area contributed by atoms with Gasteiger partial charge in [0.15, 0.2) is 0 Å². The monoisotopic (exact) mass is 600 g/mol. The van der Waals surface area contributed by atoms with Crippen molar-refractivity contribution in [2.45, 2.75) is 75.6 Å². The van der Waals surface area contributed by atoms with E-state index in [-0.39, 0.29) is 34.9 Å². The molecule has 5 rings (SSSR count). The van der Waals surface area contributed by atoms with Gasteiger partial charge in [-0.1, -0.05) is 30.3 Å². The van der Waals surface area contributed by atoms with Crippen molar-refractivity contribution in [3.8, 4) is 0 Å². The number of sulfonamides is 1. The van der Waals surface area contributed by atoms with Crippen LogP contribution in [-0.2, 0) is 26.0 Å². The van der Waals surface area contributed by atoms with Crippen LogP contribution in [0.1, 0.15) is 63.4 Å². The maximum Gasteiger partial charge on any atom is 0.410 e. The third-order valence-electron chi connectivity index (χ3n) is 7.75. The Morgan fingerprint density at radius 1 is 1.07 bits per heavy atom. The highest BCUT2D eigenvalue weighted by atomic mass is 35.5. The zero-order valence-corrected chi connectivity index (χ0v) is 25.4. The summed E-state index contributed by atoms with van der Waals surface area (Å²) in [5, 5.41) is 1.12. The topological polar surface area (TPSA) is 112 Å². The molecule has 2 aliphatic rings. The molecule has 3 aromatic rings. The number of fused-ring (bicyclic) bond motifs is 3. The second-order valence-electron chi connectivity index (χ2n) is 11.9. The van der Waals surface area contributed by atoms with E-state index in [2.05, 4.69) is 15.8 Å². The minimum Gasteiger partial charge on any atom is -0.444 e. The molecule has 0 aliphatic carbocycles. The standard InChI is InChI=1S/C30H37ClN4O5S/c1-19-17-24-23-7-5-6-8-25(23)32-27(24)28(35(19)26(36)18-31)20-9-11-22(12-10-20)41(38,39)33-21-13-15-34(16-14-21)29(37)40-30(2,3)4/h5-12,19,21,28,32-33H,13-18H2,1-4H3/t19-,28-/m0/s1. The second-order valence-corrected chi connectivity index (χ2v) is 13.9. The van der Waals surface area contributed by atoms with Crippen molar-refractivity contribution >= 4 is 44.5 Å². The van der Waals surface area contributed by atoms with E-state index < -0.39 is 21.7 Å². The molecule has 3 heterocycles. The van der Waals surface area contributed by atoms with E-state index in [9.17, 15) is 18.0 Å². The van der Waals surface area contributed by atoms with Gasteiger partial charge in [-0.05, 0) is 76.3 Å². The van der Waals surface area contributed by atoms with E-state index in [0.29, 0.717) is 32.4 Å². The summed E-state index contributed by atoms with van der Waals surface area (Å²) in [6.07, 6.45) is 1.30. The van der Waals surface area contributed by atoms with Crippen LogP contribution in [-0.4, -0.2) is 71.9 Å². The van der Waals surface area contributed by atoms with Gasteiger partial charge in [-0.25, -0.2) is 17.9 Å². The van der Waals surface area contributed by atoms with Gasteiger partial charge >= 0.3 is 6.09 Å². The molecule has 9 nitrogen and oxygen atoms in total. The van der Waals surface area contributed by atoms with Gasteiger partial charge in [-0.3, -0.25) is 4.79 Å². The fourth-order valence-corrected chi connectivity index (χ4v) is 7.31. The number of amides is 2. The lowest BCUT2D eigenvalue weighted by molar-refractivity contribution is -0.133. The van der Waals surface area contributed by atoms with Gasteiger partial charge in [-0.2, -0.15) is 0 Å². The van der Waals surface area contributed by atoms with Gasteiger partial charge in [0.1, 0.15) is 11.5 Å². The number of hydrogen-bond acceptors (Lipinski definition) is 5. The fourth-order valence-electron chi connectivity index (χ4n) is 5.87. The van der Waals surface area contributed by atoms with Gasteiger partial charge in [-0.15, -0.1) is 11.6 Å². The minimum absolute atomic E-state index is 0.0884. The van der Waals surface area contributed by atoms with Crippen molar-refractivity contribution in [2.75, 3.05) is 19.0 Å². The van der Waals surface area contributed by atoms with Gasteiger partial charge < -0.3 is 19.5 Å². The first-order valence-electron chi connectivity index (χ1n) is 13.9. The summed E-state index contributed by atoms with van der Waals surface area (Å²) < 4.78 is 34.8. The molecule has 1 fully saturated rings. The molecular weight excluding hydrogens is 564 g/mol. The number of benzene rings is 2. The lowest BCUT2D eigenvalue weighted by Gasteiger charge is -2.40. The highest BCUT2D eigenvalue weighted by Gasteiger charge is 2.38. The van der Waals surface area contributed by atoms with Crippen LogP contribution in [0.4, 0.5) is 4.79 Å². The molecule has 0 spiro atoms. The summed E-state index contributed by atoms with van der Waals surface area (Å²) in [5.41, 5.74) is 3.30. The molecule has 11 heteroatoms. The van der Waals surface area contributed by atoms with Crippen molar-refractivity contribution in [2.24, 2.45) is 0 Å². The Kier molecular flexibility index (Phi) is 8.11. The quantitative estimate of drug-likeness (QED) is 0.403. The maximum atomic E-state index is 13.3. The second kappa shape index (κ2) is 11.3. The summed E-state index contributed by atoms with van der Waals surface area (Å²) in [7, 11) is -3.79. The number of halogens is 1. The SMILES string of the molecule is C[C@H]1Cc2c([nH]c3ccccc23)[C@H](c2ccc(S(=O)(=O)NC3CCN(C(=O)OC(C)(C)C)CC3)cc2)N1C(=O)CCl. The third kappa shape index (κ3) is 6.10. The van der Waals surface area contributed by atoms with Gasteiger partial charge in [0.2, 0.25) is 15.9 Å². The highest BCUT2D eigenvalue weighted by molar-refractivity contribution is 7.89. The number of alkyl halides is 1. The Morgan fingerprint density at radius 2 is 1.73 bits per heavy atom. The number of nitrogens with zero attached hydrogens (tertiary/aromatic N) is 2. The van der Waals surface area contributed by atoms with E-state index in [1.54, 1.807) is 34.1 Å². The zero-order valence-electron chi connectivity index (χ0n) is 23.8. The number of aromatic nitrogens is 1. The van der Waals surface area contributed by atoms with E-state index in [1.807, 2.05) is 45.9 Å². The molecule has 2 atom stereocenters. The maximum absolute atomic E-state index is 13.3. The van der Waals surface area contributed by atoms with Crippen molar-refractivity contribution in [1.82, 2.24) is 19.5 Å². The van der Waals surface area contributed by atoms with E-state index >= 15 is 0 Å². The lowest BCUT2D eigenvalue weighted by atomic mass is 9.88. The molecular formula is C30H37ClN4O5S. The molecule has 2 aliphatic heterocycles. The smallest absolute Gasteiger partial charge is 0.410 e. The number of H-pyrrole nitrogens is 1. The van der Waals surface area contributed by atoms with Crippen LogP contribution in [0.15, 0.2) is 53.4 Å². The third-order valence-corrected chi connectivity index (χ3v) is 9.51. The largest absolute Gasteiger partial charge is 0.444 e. The Balaban J connectivity index is 1.35. The molecule has 0 unspecified atom stereocenters. The van der Waals surface area contributed by atoms with Crippen LogP contribution in [0.25, 0.3) is 10.9 Å². The highest BCUT2D eigenvalue weighted by Crippen LogP contribution is 2.41. The number of nitrogens with one attached hydrogen (secondary N) is 2. The van der Waals surface area contributed by atoms with Crippen molar-refractivity contribution < 1.29 is 22.7 Å². The molecule has 220 valence electrons. The van der Waals surface area contributed by atoms with Crippen LogP contribution in [0.5, 0.6) is 0 Å². The van der Waals surface area contributed by atoms with E-state index in [1.165, 1.54) is 0 Å². The van der Waals surface area contributed by atoms with Crippen LogP contribution < -0.4 is 4.72 Å². The molecule has 0 saturated carbocycles. The van der Waals surface area contributed by atoms with Crippen LogP contribution in [0.3, 0.4) is 0 Å². The van der Waals surface area contributed by atoms with Gasteiger partial charge in [0.25, 0.3) is 0 Å². The van der Waals surface area contributed by atoms with E-state index in [0.717, 1.165) is 27.7 Å². The number of rotatable bonds is 5. The van der Waals surface area contributed by atoms with Crippen molar-refractivity contribution in [1.29, 1.82) is 0 Å². The predicted octanol–water partition coefficient (Wildman–Crippen LogP) is 4.95. The number of ether oxygens (including phenoxy) is 1. The Bertz CT molecular complexity index is 1540. The zero-order chi connectivity index (χ0) is 29.5. The molecule has 41 heavy (non-hydrogen) atoms. The predicted molar refractivity (Wildman–Crippen MR) is 158 cm³/mol. The molecule has 1 aromatic heterocycles. The Morgan fingerprint density at radius 3 is 2.37 bits per heavy atom. The van der Waals surface area contributed by atoms with Gasteiger partial charge in [0, 0.05) is 41.8 Å². The minimum atomic E-state index is -3.79.